The Bertz CT molecular complexity index is 667. The van der Waals surface area contributed by atoms with Gasteiger partial charge >= 0.3 is 6.03 Å². The zero-order valence-electron chi connectivity index (χ0n) is 15.9. The summed E-state index contributed by atoms with van der Waals surface area (Å²) in [6.07, 6.45) is 5.64. The van der Waals surface area contributed by atoms with E-state index in [-0.39, 0.29) is 18.0 Å². The maximum absolute atomic E-state index is 13.0. The first-order chi connectivity index (χ1) is 13.2. The molecule has 3 amide bonds. The first-order valence-corrected chi connectivity index (χ1v) is 10.1. The van der Waals surface area contributed by atoms with E-state index in [1.165, 1.54) is 12.8 Å². The molecule has 1 aliphatic carbocycles. The molecule has 1 spiro atoms. The van der Waals surface area contributed by atoms with Gasteiger partial charge in [0.25, 0.3) is 0 Å². The van der Waals surface area contributed by atoms with E-state index in [2.05, 4.69) is 5.32 Å². The maximum atomic E-state index is 13.0. The van der Waals surface area contributed by atoms with Gasteiger partial charge < -0.3 is 19.9 Å². The molecule has 2 heterocycles. The minimum absolute atomic E-state index is 0.0254. The van der Waals surface area contributed by atoms with Gasteiger partial charge in [-0.2, -0.15) is 0 Å². The van der Waals surface area contributed by atoms with Crippen molar-refractivity contribution < 1.29 is 14.3 Å². The summed E-state index contributed by atoms with van der Waals surface area (Å²) in [6, 6.07) is 10.3. The monoisotopic (exact) mass is 371 g/mol. The number of urea groups is 1. The molecule has 3 fully saturated rings. The molecule has 27 heavy (non-hydrogen) atoms. The number of ether oxygens (including phenoxy) is 1. The van der Waals surface area contributed by atoms with Gasteiger partial charge in [0.05, 0.1) is 12.1 Å². The third-order valence-electron chi connectivity index (χ3n) is 6.19. The summed E-state index contributed by atoms with van der Waals surface area (Å²) < 4.78 is 5.72. The molecule has 6 nitrogen and oxygen atoms in total. The number of amides is 3. The first-order valence-electron chi connectivity index (χ1n) is 10.1. The van der Waals surface area contributed by atoms with Gasteiger partial charge in [0.15, 0.2) is 0 Å². The molecule has 2 saturated heterocycles. The van der Waals surface area contributed by atoms with Crippen molar-refractivity contribution in [2.45, 2.75) is 56.7 Å². The summed E-state index contributed by atoms with van der Waals surface area (Å²) >= 11 is 0. The highest BCUT2D eigenvalue weighted by Crippen LogP contribution is 2.32. The number of nitrogens with one attached hydrogen (secondary N) is 1. The number of carbonyl (C=O) groups excluding carboxylic acids is 2. The number of rotatable bonds is 3. The molecule has 1 aromatic rings. The van der Waals surface area contributed by atoms with E-state index in [1.54, 1.807) is 0 Å². The van der Waals surface area contributed by atoms with Crippen molar-refractivity contribution in [3.63, 3.8) is 0 Å². The molecule has 0 radical (unpaired) electrons. The van der Waals surface area contributed by atoms with Crippen LogP contribution in [0.1, 0.15) is 44.1 Å². The van der Waals surface area contributed by atoms with Crippen LogP contribution in [0.2, 0.25) is 0 Å². The third-order valence-corrected chi connectivity index (χ3v) is 6.19. The van der Waals surface area contributed by atoms with Crippen LogP contribution in [0.25, 0.3) is 0 Å². The lowest BCUT2D eigenvalue weighted by Gasteiger charge is -2.40. The van der Waals surface area contributed by atoms with Crippen LogP contribution in [0.5, 0.6) is 0 Å². The van der Waals surface area contributed by atoms with E-state index in [9.17, 15) is 9.59 Å². The van der Waals surface area contributed by atoms with Gasteiger partial charge in [-0.05, 0) is 24.8 Å². The van der Waals surface area contributed by atoms with Gasteiger partial charge in [0.2, 0.25) is 5.91 Å². The standard InChI is InChI=1S/C21H29N3O3/c25-19-10-12-23(20(26)22-18-8-4-5-9-18)15-21(11-13-27-16-21)24(19)14-17-6-2-1-3-7-17/h1-3,6-7,18H,4-5,8-16H2,(H,22,26). The predicted octanol–water partition coefficient (Wildman–Crippen LogP) is 2.53. The van der Waals surface area contributed by atoms with Gasteiger partial charge in [0.1, 0.15) is 0 Å². The molecule has 2 aliphatic heterocycles. The van der Waals surface area contributed by atoms with Crippen LogP contribution in [-0.2, 0) is 16.1 Å². The molecule has 6 heteroatoms. The van der Waals surface area contributed by atoms with Crippen molar-refractivity contribution in [1.82, 2.24) is 15.1 Å². The van der Waals surface area contributed by atoms with Crippen LogP contribution >= 0.6 is 0 Å². The number of hydrogen-bond donors (Lipinski definition) is 1. The fourth-order valence-electron chi connectivity index (χ4n) is 4.62. The molecular weight excluding hydrogens is 342 g/mol. The lowest BCUT2D eigenvalue weighted by molar-refractivity contribution is -0.137. The minimum atomic E-state index is -0.420. The Labute approximate surface area is 160 Å². The van der Waals surface area contributed by atoms with E-state index in [0.29, 0.717) is 39.3 Å². The maximum Gasteiger partial charge on any atom is 0.317 e. The van der Waals surface area contributed by atoms with Gasteiger partial charge in [-0.25, -0.2) is 4.79 Å². The van der Waals surface area contributed by atoms with Crippen molar-refractivity contribution in [2.75, 3.05) is 26.3 Å². The summed E-state index contributed by atoms with van der Waals surface area (Å²) in [7, 11) is 0. The summed E-state index contributed by atoms with van der Waals surface area (Å²) in [5.74, 6) is 0.112. The Balaban J connectivity index is 1.52. The molecule has 1 unspecified atom stereocenters. The second kappa shape index (κ2) is 7.89. The molecule has 1 saturated carbocycles. The van der Waals surface area contributed by atoms with E-state index in [4.69, 9.17) is 4.74 Å². The molecule has 1 N–H and O–H groups in total. The number of carbonyl (C=O) groups is 2. The minimum Gasteiger partial charge on any atom is -0.379 e. The highest BCUT2D eigenvalue weighted by molar-refractivity contribution is 5.80. The van der Waals surface area contributed by atoms with Crippen molar-refractivity contribution in [2.24, 2.45) is 0 Å². The van der Waals surface area contributed by atoms with Crippen molar-refractivity contribution >= 4 is 11.9 Å². The molecule has 3 aliphatic rings. The first kappa shape index (κ1) is 18.3. The van der Waals surface area contributed by atoms with Crippen molar-refractivity contribution in [1.29, 1.82) is 0 Å². The largest absolute Gasteiger partial charge is 0.379 e. The van der Waals surface area contributed by atoms with Crippen LogP contribution < -0.4 is 5.32 Å². The Morgan fingerprint density at radius 2 is 2.00 bits per heavy atom. The molecule has 1 atom stereocenters. The van der Waals surface area contributed by atoms with Gasteiger partial charge in [-0.1, -0.05) is 43.2 Å². The van der Waals surface area contributed by atoms with Crippen LogP contribution in [0.3, 0.4) is 0 Å². The third kappa shape index (κ3) is 3.95. The smallest absolute Gasteiger partial charge is 0.317 e. The average molecular weight is 371 g/mol. The summed E-state index contributed by atoms with van der Waals surface area (Å²) in [4.78, 5) is 29.7. The fourth-order valence-corrected chi connectivity index (χ4v) is 4.62. The van der Waals surface area contributed by atoms with Crippen molar-refractivity contribution in [3.05, 3.63) is 35.9 Å². The van der Waals surface area contributed by atoms with E-state index in [1.807, 2.05) is 40.1 Å². The summed E-state index contributed by atoms with van der Waals surface area (Å²) in [5.41, 5.74) is 0.692. The fraction of sp³-hybridized carbons (Fsp3) is 0.619. The summed E-state index contributed by atoms with van der Waals surface area (Å²) in [6.45, 7) is 2.73. The second-order valence-corrected chi connectivity index (χ2v) is 8.09. The lowest BCUT2D eigenvalue weighted by atomic mass is 9.94. The highest BCUT2D eigenvalue weighted by Gasteiger charge is 2.47. The predicted molar refractivity (Wildman–Crippen MR) is 102 cm³/mol. The zero-order chi connectivity index (χ0) is 18.7. The number of nitrogens with zero attached hydrogens (tertiary/aromatic N) is 2. The van der Waals surface area contributed by atoms with Gasteiger partial charge in [-0.15, -0.1) is 0 Å². The number of benzene rings is 1. The van der Waals surface area contributed by atoms with Crippen LogP contribution in [0, 0.1) is 0 Å². The normalized spacial score (nSPS) is 26.6. The SMILES string of the molecule is O=C(NC1CCCC1)N1CCC(=O)N(Cc2ccccc2)C2(CCOC2)C1. The Kier molecular flexibility index (Phi) is 5.34. The quantitative estimate of drug-likeness (QED) is 0.888. The van der Waals surface area contributed by atoms with E-state index < -0.39 is 5.54 Å². The molecule has 0 aromatic heterocycles. The van der Waals surface area contributed by atoms with Crippen LogP contribution in [0.15, 0.2) is 30.3 Å². The van der Waals surface area contributed by atoms with Crippen LogP contribution in [-0.4, -0.2) is 59.6 Å². The Morgan fingerprint density at radius 3 is 2.70 bits per heavy atom. The molecular formula is C21H29N3O3. The molecule has 4 rings (SSSR count). The van der Waals surface area contributed by atoms with Gasteiger partial charge in [0, 0.05) is 38.7 Å². The molecule has 1 aromatic carbocycles. The Morgan fingerprint density at radius 1 is 1.22 bits per heavy atom. The molecule has 146 valence electrons. The van der Waals surface area contributed by atoms with E-state index >= 15 is 0 Å². The van der Waals surface area contributed by atoms with Gasteiger partial charge in [-0.3, -0.25) is 4.79 Å². The Hall–Kier alpha value is -2.08. The number of hydrogen-bond acceptors (Lipinski definition) is 3. The summed E-state index contributed by atoms with van der Waals surface area (Å²) in [5, 5.41) is 3.18. The lowest BCUT2D eigenvalue weighted by Crippen LogP contribution is -2.57. The van der Waals surface area contributed by atoms with Crippen LogP contribution in [0.4, 0.5) is 4.79 Å². The highest BCUT2D eigenvalue weighted by atomic mass is 16.5. The van der Waals surface area contributed by atoms with E-state index in [0.717, 1.165) is 24.8 Å². The van der Waals surface area contributed by atoms with Crippen molar-refractivity contribution in [3.8, 4) is 0 Å². The topological polar surface area (TPSA) is 61.9 Å². The second-order valence-electron chi connectivity index (χ2n) is 8.09. The molecule has 0 bridgehead atoms. The zero-order valence-corrected chi connectivity index (χ0v) is 15.9. The average Bonchev–Trinajstić information content (AvgIpc) is 3.33.